The van der Waals surface area contributed by atoms with Crippen LogP contribution in [0.2, 0.25) is 0 Å². The fraction of sp³-hybridized carbons (Fsp3) is 0.583. The van der Waals surface area contributed by atoms with Crippen molar-refractivity contribution < 1.29 is 33.4 Å². The first-order valence-electron chi connectivity index (χ1n) is 11.5. The van der Waals surface area contributed by atoms with Gasteiger partial charge in [-0.2, -0.15) is 0 Å². The molecule has 0 saturated carbocycles. The van der Waals surface area contributed by atoms with E-state index in [4.69, 9.17) is 14.2 Å². The molecule has 0 spiro atoms. The van der Waals surface area contributed by atoms with Crippen LogP contribution in [0, 0.1) is 0 Å². The lowest BCUT2D eigenvalue weighted by Gasteiger charge is -2.35. The van der Waals surface area contributed by atoms with Crippen LogP contribution in [-0.4, -0.2) is 78.3 Å². The zero-order chi connectivity index (χ0) is 25.1. The average molecular weight is 478 g/mol. The van der Waals surface area contributed by atoms with Gasteiger partial charge in [0.2, 0.25) is 5.91 Å². The van der Waals surface area contributed by atoms with Crippen molar-refractivity contribution in [2.24, 2.45) is 0 Å². The van der Waals surface area contributed by atoms with Crippen molar-refractivity contribution >= 4 is 24.1 Å². The first-order valence-corrected chi connectivity index (χ1v) is 11.5. The Morgan fingerprint density at radius 1 is 0.971 bits per heavy atom. The van der Waals surface area contributed by atoms with Gasteiger partial charge in [0.1, 0.15) is 18.2 Å². The zero-order valence-electron chi connectivity index (χ0n) is 20.4. The summed E-state index contributed by atoms with van der Waals surface area (Å²) in [5.74, 6) is -0.805. The van der Waals surface area contributed by atoms with E-state index >= 15 is 0 Å². The maximum Gasteiger partial charge on any atom is 0.409 e. The summed E-state index contributed by atoms with van der Waals surface area (Å²) in [6, 6.07) is 8.20. The van der Waals surface area contributed by atoms with Crippen LogP contribution >= 0.6 is 0 Å². The monoisotopic (exact) mass is 477 g/mol. The fourth-order valence-electron chi connectivity index (χ4n) is 3.36. The Hall–Kier alpha value is -3.30. The standard InChI is InChI=1S/C24H35N3O7/c1-5-32-23(31)27-15-13-26(14-16-27)21(29)19(11-12-20(28)34-24(2,3)4)25-22(30)33-17-18-9-7-6-8-10-18/h6-10,19H,5,11-17H2,1-4H3,(H,25,30)/t19-/m0/s1. The number of alkyl carbamates (subject to hydrolysis) is 1. The number of nitrogens with one attached hydrogen (secondary N) is 1. The lowest BCUT2D eigenvalue weighted by molar-refractivity contribution is -0.155. The second-order valence-corrected chi connectivity index (χ2v) is 8.90. The number of hydrogen-bond acceptors (Lipinski definition) is 7. The molecule has 0 radical (unpaired) electrons. The number of rotatable bonds is 8. The molecule has 0 bridgehead atoms. The highest BCUT2D eigenvalue weighted by atomic mass is 16.6. The Morgan fingerprint density at radius 3 is 2.18 bits per heavy atom. The molecule has 10 nitrogen and oxygen atoms in total. The van der Waals surface area contributed by atoms with E-state index in [1.54, 1.807) is 32.6 Å². The number of amides is 3. The van der Waals surface area contributed by atoms with E-state index in [9.17, 15) is 19.2 Å². The number of piperazine rings is 1. The Bertz CT molecular complexity index is 831. The van der Waals surface area contributed by atoms with Crippen LogP contribution in [0.25, 0.3) is 0 Å². The van der Waals surface area contributed by atoms with Crippen LogP contribution in [0.5, 0.6) is 0 Å². The van der Waals surface area contributed by atoms with Crippen LogP contribution in [0.15, 0.2) is 30.3 Å². The summed E-state index contributed by atoms with van der Waals surface area (Å²) in [7, 11) is 0. The summed E-state index contributed by atoms with van der Waals surface area (Å²) < 4.78 is 15.6. The molecule has 3 amide bonds. The van der Waals surface area contributed by atoms with Gasteiger partial charge in [-0.25, -0.2) is 9.59 Å². The van der Waals surface area contributed by atoms with Crippen LogP contribution in [-0.2, 0) is 30.4 Å². The van der Waals surface area contributed by atoms with Crippen LogP contribution in [0.1, 0.15) is 46.1 Å². The molecular formula is C24H35N3O7. The molecule has 1 aliphatic heterocycles. The van der Waals surface area contributed by atoms with Crippen LogP contribution < -0.4 is 5.32 Å². The van der Waals surface area contributed by atoms with E-state index in [0.29, 0.717) is 26.2 Å². The molecule has 0 aromatic heterocycles. The Balaban J connectivity index is 1.97. The van der Waals surface area contributed by atoms with E-state index in [2.05, 4.69) is 5.32 Å². The smallest absolute Gasteiger partial charge is 0.409 e. The molecule has 1 saturated heterocycles. The van der Waals surface area contributed by atoms with Gasteiger partial charge in [-0.15, -0.1) is 0 Å². The molecule has 0 aliphatic carbocycles. The number of benzene rings is 1. The second kappa shape index (κ2) is 12.8. The van der Waals surface area contributed by atoms with Gasteiger partial charge in [-0.1, -0.05) is 30.3 Å². The summed E-state index contributed by atoms with van der Waals surface area (Å²) in [6.45, 7) is 8.57. The molecule has 10 heteroatoms. The lowest BCUT2D eigenvalue weighted by atomic mass is 10.1. The predicted octanol–water partition coefficient (Wildman–Crippen LogP) is 2.70. The normalized spacial score (nSPS) is 14.7. The minimum Gasteiger partial charge on any atom is -0.460 e. The highest BCUT2D eigenvalue weighted by Crippen LogP contribution is 2.13. The molecule has 1 N–H and O–H groups in total. The maximum atomic E-state index is 13.2. The van der Waals surface area contributed by atoms with Crippen molar-refractivity contribution in [1.82, 2.24) is 15.1 Å². The number of nitrogens with zero attached hydrogens (tertiary/aromatic N) is 2. The zero-order valence-corrected chi connectivity index (χ0v) is 20.4. The molecule has 34 heavy (non-hydrogen) atoms. The summed E-state index contributed by atoms with van der Waals surface area (Å²) in [4.78, 5) is 52.8. The predicted molar refractivity (Wildman–Crippen MR) is 124 cm³/mol. The van der Waals surface area contributed by atoms with E-state index < -0.39 is 29.8 Å². The number of hydrogen-bond donors (Lipinski definition) is 1. The van der Waals surface area contributed by atoms with Gasteiger partial charge in [0.25, 0.3) is 0 Å². The molecule has 1 aromatic rings. The molecule has 1 heterocycles. The third kappa shape index (κ3) is 9.29. The Kier molecular flexibility index (Phi) is 10.2. The average Bonchev–Trinajstić information content (AvgIpc) is 2.79. The van der Waals surface area contributed by atoms with Gasteiger partial charge in [-0.3, -0.25) is 9.59 Å². The number of carbonyl (C=O) groups is 4. The third-order valence-corrected chi connectivity index (χ3v) is 4.98. The van der Waals surface area contributed by atoms with E-state index in [0.717, 1.165) is 5.56 Å². The summed E-state index contributed by atoms with van der Waals surface area (Å²) >= 11 is 0. The van der Waals surface area contributed by atoms with Gasteiger partial charge < -0.3 is 29.3 Å². The SMILES string of the molecule is CCOC(=O)N1CCN(C(=O)[C@H](CCC(=O)OC(C)(C)C)NC(=O)OCc2ccccc2)CC1. The molecule has 1 aromatic carbocycles. The van der Waals surface area contributed by atoms with Crippen molar-refractivity contribution in [2.45, 2.75) is 58.8 Å². The van der Waals surface area contributed by atoms with Gasteiger partial charge in [0.15, 0.2) is 0 Å². The van der Waals surface area contributed by atoms with E-state index in [1.807, 2.05) is 30.3 Å². The van der Waals surface area contributed by atoms with Crippen LogP contribution in [0.4, 0.5) is 9.59 Å². The topological polar surface area (TPSA) is 114 Å². The molecule has 2 rings (SSSR count). The van der Waals surface area contributed by atoms with Crippen molar-refractivity contribution in [3.8, 4) is 0 Å². The minimum absolute atomic E-state index is 0.0462. The minimum atomic E-state index is -0.968. The van der Waals surface area contributed by atoms with Crippen molar-refractivity contribution in [3.63, 3.8) is 0 Å². The number of carbonyl (C=O) groups excluding carboxylic acids is 4. The van der Waals surface area contributed by atoms with E-state index in [-0.39, 0.29) is 32.0 Å². The summed E-state index contributed by atoms with van der Waals surface area (Å²) in [5.41, 5.74) is 0.159. The van der Waals surface area contributed by atoms with Crippen molar-refractivity contribution in [1.29, 1.82) is 0 Å². The Labute approximate surface area is 200 Å². The van der Waals surface area contributed by atoms with Gasteiger partial charge in [0, 0.05) is 32.6 Å². The van der Waals surface area contributed by atoms with Gasteiger partial charge in [0.05, 0.1) is 6.61 Å². The Morgan fingerprint density at radius 2 is 1.59 bits per heavy atom. The maximum absolute atomic E-state index is 13.2. The lowest BCUT2D eigenvalue weighted by Crippen LogP contribution is -2.56. The van der Waals surface area contributed by atoms with Crippen molar-refractivity contribution in [3.05, 3.63) is 35.9 Å². The first-order chi connectivity index (χ1) is 16.1. The second-order valence-electron chi connectivity index (χ2n) is 8.90. The first kappa shape index (κ1) is 26.9. The number of esters is 1. The molecule has 1 fully saturated rings. The van der Waals surface area contributed by atoms with Crippen molar-refractivity contribution in [2.75, 3.05) is 32.8 Å². The molecule has 0 unspecified atom stereocenters. The molecular weight excluding hydrogens is 442 g/mol. The molecule has 1 atom stereocenters. The molecule has 1 aliphatic rings. The highest BCUT2D eigenvalue weighted by molar-refractivity contribution is 5.86. The largest absolute Gasteiger partial charge is 0.460 e. The molecule has 188 valence electrons. The highest BCUT2D eigenvalue weighted by Gasteiger charge is 2.31. The summed E-state index contributed by atoms with van der Waals surface area (Å²) in [6.07, 6.45) is -1.16. The summed E-state index contributed by atoms with van der Waals surface area (Å²) in [5, 5.41) is 2.59. The quantitative estimate of drug-likeness (QED) is 0.452. The van der Waals surface area contributed by atoms with E-state index in [1.165, 1.54) is 4.90 Å². The number of ether oxygens (including phenoxy) is 3. The third-order valence-electron chi connectivity index (χ3n) is 4.98. The van der Waals surface area contributed by atoms with Gasteiger partial charge >= 0.3 is 18.2 Å². The van der Waals surface area contributed by atoms with Crippen LogP contribution in [0.3, 0.4) is 0 Å². The fourth-order valence-corrected chi connectivity index (χ4v) is 3.36. The van der Waals surface area contributed by atoms with Gasteiger partial charge in [-0.05, 0) is 39.7 Å².